The van der Waals surface area contributed by atoms with Crippen LogP contribution in [0.1, 0.15) is 55.5 Å². The van der Waals surface area contributed by atoms with Crippen LogP contribution in [0.3, 0.4) is 0 Å². The minimum atomic E-state index is -0.578. The van der Waals surface area contributed by atoms with Crippen molar-refractivity contribution in [2.45, 2.75) is 52.1 Å². The van der Waals surface area contributed by atoms with Crippen molar-refractivity contribution in [2.24, 2.45) is 0 Å². The molecule has 0 aliphatic carbocycles. The van der Waals surface area contributed by atoms with E-state index in [1.807, 2.05) is 66.7 Å². The van der Waals surface area contributed by atoms with Crippen molar-refractivity contribution < 1.29 is 14.4 Å². The third kappa shape index (κ3) is 5.37. The second kappa shape index (κ2) is 11.2. The van der Waals surface area contributed by atoms with E-state index in [1.165, 1.54) is 0 Å². The highest BCUT2D eigenvalue weighted by Crippen LogP contribution is 2.37. The molecule has 0 fully saturated rings. The fraction of sp³-hybridized carbons (Fsp3) is 0.345. The fourth-order valence-corrected chi connectivity index (χ4v) is 4.63. The molecule has 3 aromatic carbocycles. The zero-order valence-electron chi connectivity index (χ0n) is 20.5. The Morgan fingerprint density at radius 2 is 1.71 bits per heavy atom. The first kappa shape index (κ1) is 24.5. The van der Waals surface area contributed by atoms with Gasteiger partial charge >= 0.3 is 0 Å². The number of nitrogens with zero attached hydrogens (tertiary/aromatic N) is 2. The molecule has 1 atom stereocenters. The van der Waals surface area contributed by atoms with Crippen LogP contribution >= 0.6 is 0 Å². The molecule has 0 radical (unpaired) electrons. The predicted octanol–water partition coefficient (Wildman–Crippen LogP) is 4.91. The van der Waals surface area contributed by atoms with Crippen LogP contribution < -0.4 is 10.2 Å². The Hall–Kier alpha value is -3.67. The Labute approximate surface area is 206 Å². The lowest BCUT2D eigenvalue weighted by Gasteiger charge is -2.29. The van der Waals surface area contributed by atoms with Crippen molar-refractivity contribution in [1.82, 2.24) is 10.2 Å². The number of unbranched alkanes of at least 4 members (excludes halogenated alkanes) is 1. The van der Waals surface area contributed by atoms with Crippen molar-refractivity contribution in [1.29, 1.82) is 0 Å². The summed E-state index contributed by atoms with van der Waals surface area (Å²) in [5, 5.41) is 4.97. The van der Waals surface area contributed by atoms with Crippen LogP contribution in [0.15, 0.2) is 66.7 Å². The van der Waals surface area contributed by atoms with Crippen LogP contribution in [0.5, 0.6) is 0 Å². The predicted molar refractivity (Wildman–Crippen MR) is 139 cm³/mol. The summed E-state index contributed by atoms with van der Waals surface area (Å²) in [5.74, 6) is -0.247. The summed E-state index contributed by atoms with van der Waals surface area (Å²) in [4.78, 5) is 42.5. The van der Waals surface area contributed by atoms with Gasteiger partial charge in [-0.05, 0) is 42.8 Å². The summed E-state index contributed by atoms with van der Waals surface area (Å²) in [6.45, 7) is 5.29. The number of carbonyl (C=O) groups excluding carboxylic acids is 3. The second-order valence-corrected chi connectivity index (χ2v) is 9.07. The lowest BCUT2D eigenvalue weighted by molar-refractivity contribution is -0.140. The monoisotopic (exact) mass is 471 g/mol. The Morgan fingerprint density at radius 1 is 0.971 bits per heavy atom. The maximum Gasteiger partial charge on any atom is 0.258 e. The summed E-state index contributed by atoms with van der Waals surface area (Å²) in [6, 6.07) is 20.8. The normalized spacial score (nSPS) is 13.2. The van der Waals surface area contributed by atoms with Gasteiger partial charge in [-0.15, -0.1) is 0 Å². The van der Waals surface area contributed by atoms with Gasteiger partial charge in [0.15, 0.2) is 0 Å². The van der Waals surface area contributed by atoms with Crippen LogP contribution in [0, 0.1) is 0 Å². The lowest BCUT2D eigenvalue weighted by Crippen LogP contribution is -2.47. The maximum atomic E-state index is 13.3. The van der Waals surface area contributed by atoms with E-state index in [0.717, 1.165) is 34.9 Å². The number of benzene rings is 3. The molecule has 1 N–H and O–H groups in total. The number of hydrogen-bond donors (Lipinski definition) is 1. The van der Waals surface area contributed by atoms with Gasteiger partial charge in [0.2, 0.25) is 11.8 Å². The van der Waals surface area contributed by atoms with E-state index < -0.39 is 6.04 Å². The van der Waals surface area contributed by atoms with Crippen molar-refractivity contribution in [3.63, 3.8) is 0 Å². The molecule has 4 rings (SSSR count). The highest BCUT2D eigenvalue weighted by Gasteiger charge is 2.30. The number of rotatable bonds is 11. The molecule has 1 aliphatic heterocycles. The summed E-state index contributed by atoms with van der Waals surface area (Å²) in [7, 11) is 0. The van der Waals surface area contributed by atoms with E-state index in [9.17, 15) is 14.4 Å². The number of nitrogens with one attached hydrogen (secondary N) is 1. The molecule has 0 spiro atoms. The first-order valence-corrected chi connectivity index (χ1v) is 12.5. The standard InChI is InChI=1S/C29H33N3O3/c1-3-4-18-30-28(34)21(2)32(20-22-11-6-5-7-12-22)26(33)17-10-19-31-25-16-9-14-23-13-8-15-24(27(23)25)29(31)35/h5-9,11-16,21H,3-4,10,17-20H2,1-2H3,(H,30,34)/t21-/m0/s1. The number of carbonyl (C=O) groups is 3. The molecule has 0 aromatic heterocycles. The number of amides is 3. The van der Waals surface area contributed by atoms with Gasteiger partial charge in [0.05, 0.1) is 5.69 Å². The molecule has 3 aromatic rings. The minimum absolute atomic E-state index is 0.0194. The van der Waals surface area contributed by atoms with Crippen molar-refractivity contribution in [3.8, 4) is 0 Å². The first-order chi connectivity index (χ1) is 17.0. The number of hydrogen-bond acceptors (Lipinski definition) is 3. The first-order valence-electron chi connectivity index (χ1n) is 12.5. The van der Waals surface area contributed by atoms with E-state index in [-0.39, 0.29) is 24.1 Å². The van der Waals surface area contributed by atoms with Crippen molar-refractivity contribution >= 4 is 34.2 Å². The summed E-state index contributed by atoms with van der Waals surface area (Å²) < 4.78 is 0. The van der Waals surface area contributed by atoms with Crippen LogP contribution in [0.4, 0.5) is 5.69 Å². The summed E-state index contributed by atoms with van der Waals surface area (Å²) in [5.41, 5.74) is 2.60. The van der Waals surface area contributed by atoms with Gasteiger partial charge in [-0.1, -0.05) is 67.9 Å². The minimum Gasteiger partial charge on any atom is -0.354 e. The zero-order valence-corrected chi connectivity index (χ0v) is 20.5. The molecule has 1 aliphatic rings. The average Bonchev–Trinajstić information content (AvgIpc) is 3.15. The molecular formula is C29H33N3O3. The molecule has 182 valence electrons. The Balaban J connectivity index is 1.43. The van der Waals surface area contributed by atoms with E-state index in [1.54, 1.807) is 16.7 Å². The van der Waals surface area contributed by atoms with Gasteiger partial charge < -0.3 is 15.1 Å². The van der Waals surface area contributed by atoms with E-state index in [2.05, 4.69) is 12.2 Å². The van der Waals surface area contributed by atoms with Gasteiger partial charge in [0, 0.05) is 37.0 Å². The summed E-state index contributed by atoms with van der Waals surface area (Å²) >= 11 is 0. The molecule has 0 unspecified atom stereocenters. The SMILES string of the molecule is CCCCNC(=O)[C@H](C)N(Cc1ccccc1)C(=O)CCCN1C(=O)c2cccc3cccc1c23. The molecule has 6 heteroatoms. The lowest BCUT2D eigenvalue weighted by atomic mass is 10.1. The van der Waals surface area contributed by atoms with Crippen LogP contribution in [0.25, 0.3) is 10.8 Å². The third-order valence-corrected chi connectivity index (χ3v) is 6.61. The maximum absolute atomic E-state index is 13.3. The highest BCUT2D eigenvalue weighted by molar-refractivity contribution is 6.25. The molecule has 35 heavy (non-hydrogen) atoms. The number of anilines is 1. The largest absolute Gasteiger partial charge is 0.354 e. The molecule has 1 heterocycles. The Kier molecular flexibility index (Phi) is 7.80. The van der Waals surface area contributed by atoms with Crippen LogP contribution in [-0.4, -0.2) is 41.8 Å². The second-order valence-electron chi connectivity index (χ2n) is 9.07. The van der Waals surface area contributed by atoms with Crippen LogP contribution in [-0.2, 0) is 16.1 Å². The quantitative estimate of drug-likeness (QED) is 0.404. The topological polar surface area (TPSA) is 69.7 Å². The third-order valence-electron chi connectivity index (χ3n) is 6.61. The summed E-state index contributed by atoms with van der Waals surface area (Å²) in [6.07, 6.45) is 2.68. The molecular weight excluding hydrogens is 438 g/mol. The van der Waals surface area contributed by atoms with Gasteiger partial charge in [-0.2, -0.15) is 0 Å². The molecule has 0 bridgehead atoms. The Morgan fingerprint density at radius 3 is 2.46 bits per heavy atom. The molecule has 6 nitrogen and oxygen atoms in total. The van der Waals surface area contributed by atoms with Crippen LogP contribution in [0.2, 0.25) is 0 Å². The van der Waals surface area contributed by atoms with Gasteiger partial charge in [0.1, 0.15) is 6.04 Å². The average molecular weight is 472 g/mol. The highest BCUT2D eigenvalue weighted by atomic mass is 16.2. The zero-order chi connectivity index (χ0) is 24.8. The molecule has 0 saturated heterocycles. The smallest absolute Gasteiger partial charge is 0.258 e. The van der Waals surface area contributed by atoms with E-state index >= 15 is 0 Å². The Bertz CT molecular complexity index is 1200. The van der Waals surface area contributed by atoms with E-state index in [0.29, 0.717) is 31.6 Å². The van der Waals surface area contributed by atoms with Gasteiger partial charge in [-0.25, -0.2) is 0 Å². The van der Waals surface area contributed by atoms with Crippen molar-refractivity contribution in [2.75, 3.05) is 18.0 Å². The fourth-order valence-electron chi connectivity index (χ4n) is 4.63. The van der Waals surface area contributed by atoms with Gasteiger partial charge in [-0.3, -0.25) is 14.4 Å². The van der Waals surface area contributed by atoms with Gasteiger partial charge in [0.25, 0.3) is 5.91 Å². The molecule has 0 saturated carbocycles. The van der Waals surface area contributed by atoms with E-state index in [4.69, 9.17) is 0 Å². The molecule has 3 amide bonds. The van der Waals surface area contributed by atoms with Crippen molar-refractivity contribution in [3.05, 3.63) is 77.9 Å².